The first kappa shape index (κ1) is 20.3. The van der Waals surface area contributed by atoms with Crippen molar-refractivity contribution in [3.8, 4) is 0 Å². The molecule has 2 atom stereocenters. The van der Waals surface area contributed by atoms with Gasteiger partial charge >= 0.3 is 5.97 Å². The Bertz CT molecular complexity index is 876. The zero-order valence-corrected chi connectivity index (χ0v) is 15.8. The van der Waals surface area contributed by atoms with Gasteiger partial charge in [-0.1, -0.05) is 0 Å². The first-order valence-corrected chi connectivity index (χ1v) is 9.54. The van der Waals surface area contributed by atoms with Crippen molar-refractivity contribution in [3.05, 3.63) is 27.7 Å². The van der Waals surface area contributed by atoms with Crippen LogP contribution in [0.4, 0.5) is 4.39 Å². The molecule has 1 aromatic carbocycles. The molecule has 0 spiro atoms. The number of carbonyl (C=O) groups is 3. The molecule has 2 rings (SSSR count). The van der Waals surface area contributed by atoms with Crippen LogP contribution in [0.2, 0.25) is 0 Å². The van der Waals surface area contributed by atoms with E-state index < -0.39 is 51.5 Å². The Kier molecular flexibility index (Phi) is 5.98. The van der Waals surface area contributed by atoms with Gasteiger partial charge in [-0.2, -0.15) is 0 Å². The lowest BCUT2D eigenvalue weighted by Gasteiger charge is -2.12. The Morgan fingerprint density at radius 1 is 1.31 bits per heavy atom. The standard InChI is InChI=1S/C14H15BrFN3O6S/c1-25-11(20)5-18-13(21)7-2-6(26(17,23)24)3-8(12(7)15)14(22)19-10-4-9(10)16/h2-3,9-10H,4-5H2,1H3,(H,18,21)(H,19,22)(H2,17,23,24)/t9-,10+/m1/s1. The van der Waals surface area contributed by atoms with Gasteiger partial charge < -0.3 is 15.4 Å². The monoisotopic (exact) mass is 451 g/mol. The van der Waals surface area contributed by atoms with Gasteiger partial charge in [-0.05, 0) is 28.1 Å². The maximum Gasteiger partial charge on any atom is 0.325 e. The average Bonchev–Trinajstić information content (AvgIpc) is 3.25. The zero-order chi connectivity index (χ0) is 19.6. The van der Waals surface area contributed by atoms with Crippen molar-refractivity contribution in [2.24, 2.45) is 5.14 Å². The van der Waals surface area contributed by atoms with E-state index in [1.54, 1.807) is 0 Å². The summed E-state index contributed by atoms with van der Waals surface area (Å²) in [4.78, 5) is 35.2. The van der Waals surface area contributed by atoms with E-state index in [0.29, 0.717) is 0 Å². The van der Waals surface area contributed by atoms with Crippen LogP contribution in [0.15, 0.2) is 21.5 Å². The fourth-order valence-electron chi connectivity index (χ4n) is 1.97. The number of nitrogens with two attached hydrogens (primary N) is 1. The molecule has 12 heteroatoms. The molecule has 0 unspecified atom stereocenters. The molecule has 0 bridgehead atoms. The van der Waals surface area contributed by atoms with Crippen LogP contribution in [0.1, 0.15) is 27.1 Å². The Labute approximate surface area is 156 Å². The highest BCUT2D eigenvalue weighted by atomic mass is 79.9. The Hall–Kier alpha value is -2.05. The number of alkyl halides is 1. The van der Waals surface area contributed by atoms with Crippen molar-refractivity contribution in [2.45, 2.75) is 23.5 Å². The van der Waals surface area contributed by atoms with Crippen molar-refractivity contribution in [1.82, 2.24) is 10.6 Å². The molecule has 0 heterocycles. The number of hydrogen-bond acceptors (Lipinski definition) is 6. The number of amides is 2. The lowest BCUT2D eigenvalue weighted by molar-refractivity contribution is -0.139. The second-order valence-corrected chi connectivity index (χ2v) is 7.82. The molecule has 1 saturated carbocycles. The molecule has 0 radical (unpaired) electrons. The molecular weight excluding hydrogens is 437 g/mol. The van der Waals surface area contributed by atoms with Gasteiger partial charge in [0.25, 0.3) is 11.8 Å². The quantitative estimate of drug-likeness (QED) is 0.512. The minimum atomic E-state index is -4.24. The highest BCUT2D eigenvalue weighted by molar-refractivity contribution is 9.10. The SMILES string of the molecule is COC(=O)CNC(=O)c1cc(S(N)(=O)=O)cc(C(=O)N[C@H]2C[C@H]2F)c1Br. The maximum absolute atomic E-state index is 13.0. The number of ether oxygens (including phenoxy) is 1. The Morgan fingerprint density at radius 2 is 1.85 bits per heavy atom. The van der Waals surface area contributed by atoms with Crippen LogP contribution in [-0.2, 0) is 19.6 Å². The summed E-state index contributed by atoms with van der Waals surface area (Å²) in [6, 6.07) is 1.27. The van der Waals surface area contributed by atoms with E-state index in [1.807, 2.05) is 0 Å². The van der Waals surface area contributed by atoms with Gasteiger partial charge in [-0.15, -0.1) is 0 Å². The Balaban J connectivity index is 2.39. The zero-order valence-electron chi connectivity index (χ0n) is 13.4. The number of sulfonamides is 1. The number of nitrogens with one attached hydrogen (secondary N) is 2. The highest BCUT2D eigenvalue weighted by Crippen LogP contribution is 2.29. The first-order valence-electron chi connectivity index (χ1n) is 7.21. The minimum absolute atomic E-state index is 0.0270. The van der Waals surface area contributed by atoms with Crippen molar-refractivity contribution in [1.29, 1.82) is 0 Å². The van der Waals surface area contributed by atoms with Gasteiger partial charge in [0.2, 0.25) is 10.0 Å². The lowest BCUT2D eigenvalue weighted by Crippen LogP contribution is -2.32. The molecule has 0 aromatic heterocycles. The van der Waals surface area contributed by atoms with Crippen molar-refractivity contribution in [3.63, 3.8) is 0 Å². The summed E-state index contributed by atoms with van der Waals surface area (Å²) in [5, 5.41) is 9.69. The molecule has 1 aromatic rings. The van der Waals surface area contributed by atoms with Crippen LogP contribution in [0, 0.1) is 0 Å². The van der Waals surface area contributed by atoms with E-state index in [1.165, 1.54) is 0 Å². The fourth-order valence-corrected chi connectivity index (χ4v) is 3.13. The minimum Gasteiger partial charge on any atom is -0.468 e. The highest BCUT2D eigenvalue weighted by Gasteiger charge is 2.39. The van der Waals surface area contributed by atoms with Crippen LogP contribution in [0.25, 0.3) is 0 Å². The Morgan fingerprint density at radius 3 is 2.31 bits per heavy atom. The van der Waals surface area contributed by atoms with E-state index >= 15 is 0 Å². The van der Waals surface area contributed by atoms with Crippen LogP contribution < -0.4 is 15.8 Å². The topological polar surface area (TPSA) is 145 Å². The number of benzene rings is 1. The smallest absolute Gasteiger partial charge is 0.325 e. The number of methoxy groups -OCH3 is 1. The van der Waals surface area contributed by atoms with Crippen LogP contribution in [0.5, 0.6) is 0 Å². The summed E-state index contributed by atoms with van der Waals surface area (Å²) >= 11 is 3.07. The lowest BCUT2D eigenvalue weighted by atomic mass is 10.1. The predicted molar refractivity (Wildman–Crippen MR) is 90.6 cm³/mol. The molecule has 0 aliphatic heterocycles. The van der Waals surface area contributed by atoms with Crippen LogP contribution in [-0.4, -0.2) is 52.1 Å². The third kappa shape index (κ3) is 4.77. The van der Waals surface area contributed by atoms with E-state index in [-0.39, 0.29) is 22.0 Å². The van der Waals surface area contributed by atoms with Gasteiger partial charge in [0, 0.05) is 10.9 Å². The van der Waals surface area contributed by atoms with Crippen molar-refractivity contribution < 1.29 is 31.9 Å². The van der Waals surface area contributed by atoms with Gasteiger partial charge in [0.05, 0.1) is 29.2 Å². The number of halogens is 2. The maximum atomic E-state index is 13.0. The van der Waals surface area contributed by atoms with Gasteiger partial charge in [0.1, 0.15) is 12.7 Å². The van der Waals surface area contributed by atoms with Crippen LogP contribution in [0.3, 0.4) is 0 Å². The normalized spacial score (nSPS) is 18.8. The first-order chi connectivity index (χ1) is 12.0. The molecule has 1 fully saturated rings. The summed E-state index contributed by atoms with van der Waals surface area (Å²) < 4.78 is 40.7. The number of rotatable bonds is 6. The summed E-state index contributed by atoms with van der Waals surface area (Å²) in [6.07, 6.45) is -1.01. The molecule has 4 N–H and O–H groups in total. The summed E-state index contributed by atoms with van der Waals surface area (Å²) in [6.45, 7) is -0.464. The summed E-state index contributed by atoms with van der Waals surface area (Å²) in [7, 11) is -3.11. The van der Waals surface area contributed by atoms with Crippen molar-refractivity contribution >= 4 is 43.7 Å². The fraction of sp³-hybridized carbons (Fsp3) is 0.357. The molecule has 26 heavy (non-hydrogen) atoms. The second-order valence-electron chi connectivity index (χ2n) is 5.47. The van der Waals surface area contributed by atoms with E-state index in [0.717, 1.165) is 19.2 Å². The number of esters is 1. The third-order valence-corrected chi connectivity index (χ3v) is 5.26. The number of primary sulfonamides is 1. The molecule has 0 saturated heterocycles. The van der Waals surface area contributed by atoms with Gasteiger partial charge in [-0.3, -0.25) is 14.4 Å². The number of carbonyl (C=O) groups excluding carboxylic acids is 3. The largest absolute Gasteiger partial charge is 0.468 e. The molecule has 2 amide bonds. The second kappa shape index (κ2) is 7.68. The predicted octanol–water partition coefficient (Wildman–Crippen LogP) is -0.160. The molecule has 1 aliphatic carbocycles. The molecular formula is C14H15BrFN3O6S. The third-order valence-electron chi connectivity index (χ3n) is 3.51. The molecule has 142 valence electrons. The summed E-state index contributed by atoms with van der Waals surface area (Å²) in [5.41, 5.74) is -0.447. The van der Waals surface area contributed by atoms with E-state index in [9.17, 15) is 27.2 Å². The van der Waals surface area contributed by atoms with E-state index in [4.69, 9.17) is 5.14 Å². The average molecular weight is 452 g/mol. The van der Waals surface area contributed by atoms with Crippen molar-refractivity contribution in [2.75, 3.05) is 13.7 Å². The number of hydrogen-bond donors (Lipinski definition) is 3. The van der Waals surface area contributed by atoms with Crippen LogP contribution >= 0.6 is 15.9 Å². The van der Waals surface area contributed by atoms with E-state index in [2.05, 4.69) is 31.3 Å². The molecule has 9 nitrogen and oxygen atoms in total. The van der Waals surface area contributed by atoms with Gasteiger partial charge in [-0.25, -0.2) is 17.9 Å². The summed E-state index contributed by atoms with van der Waals surface area (Å²) in [5.74, 6) is -2.33. The van der Waals surface area contributed by atoms with Gasteiger partial charge in [0.15, 0.2) is 0 Å². The molecule has 1 aliphatic rings.